The molecule has 1 atom stereocenters. The molecule has 4 rings (SSSR count). The molecule has 0 radical (unpaired) electrons. The third-order valence-corrected chi connectivity index (χ3v) is 5.66. The van der Waals surface area contributed by atoms with E-state index in [1.807, 2.05) is 18.2 Å². The molecule has 2 aromatic carbocycles. The average molecular weight is 420 g/mol. The van der Waals surface area contributed by atoms with E-state index in [2.05, 4.69) is 30.0 Å². The topological polar surface area (TPSA) is 56.8 Å². The number of fused-ring (bicyclic) bond motifs is 1. The van der Waals surface area contributed by atoms with Gasteiger partial charge in [-0.25, -0.2) is 0 Å². The van der Waals surface area contributed by atoms with Crippen LogP contribution in [-0.2, 0) is 13.0 Å². The van der Waals surface area contributed by atoms with Crippen LogP contribution >= 0.6 is 24.0 Å². The van der Waals surface area contributed by atoms with Crippen LogP contribution in [0.1, 0.15) is 33.9 Å². The molecule has 0 saturated heterocycles. The molecule has 28 heavy (non-hydrogen) atoms. The zero-order chi connectivity index (χ0) is 19.0. The number of hydrogen-bond donors (Lipinski definition) is 2. The molecule has 0 saturated carbocycles. The van der Waals surface area contributed by atoms with Crippen molar-refractivity contribution in [2.45, 2.75) is 25.8 Å². The van der Waals surface area contributed by atoms with E-state index in [-0.39, 0.29) is 34.8 Å². The van der Waals surface area contributed by atoms with Crippen LogP contribution in [0.5, 0.6) is 11.5 Å². The quantitative estimate of drug-likeness (QED) is 0.568. The Hall–Kier alpha value is -2.14. The van der Waals surface area contributed by atoms with Crippen LogP contribution in [0.25, 0.3) is 0 Å². The Morgan fingerprint density at radius 2 is 2.00 bits per heavy atom. The van der Waals surface area contributed by atoms with Gasteiger partial charge in [0.2, 0.25) is 0 Å². The Kier molecular flexibility index (Phi) is 6.23. The molecular weight excluding hydrogens is 397 g/mol. The van der Waals surface area contributed by atoms with Crippen LogP contribution in [0.15, 0.2) is 53.1 Å². The molecule has 0 amide bonds. The van der Waals surface area contributed by atoms with Gasteiger partial charge in [-0.05, 0) is 48.2 Å². The Balaban J connectivity index is 0.00000225. The minimum Gasteiger partial charge on any atom is -0.504 e. The first kappa shape index (κ1) is 20.6. The summed E-state index contributed by atoms with van der Waals surface area (Å²) < 4.78 is 5.53. The second-order valence-electron chi connectivity index (χ2n) is 7.16. The molecule has 4 nitrogen and oxygen atoms in total. The first-order chi connectivity index (χ1) is 13.0. The number of benzene rings is 2. The molecule has 1 aromatic heterocycles. The number of aryl methyl sites for hydroxylation is 1. The van der Waals surface area contributed by atoms with Crippen molar-refractivity contribution in [3.63, 3.8) is 0 Å². The van der Waals surface area contributed by atoms with Crippen molar-refractivity contribution >= 4 is 24.0 Å². The summed E-state index contributed by atoms with van der Waals surface area (Å²) in [6, 6.07) is 13.9. The van der Waals surface area contributed by atoms with E-state index in [0.717, 1.165) is 30.0 Å². The summed E-state index contributed by atoms with van der Waals surface area (Å²) in [5, 5.41) is 20.5. The molecule has 2 heterocycles. The van der Waals surface area contributed by atoms with Crippen molar-refractivity contribution < 1.29 is 14.6 Å². The third kappa shape index (κ3) is 4.00. The van der Waals surface area contributed by atoms with Gasteiger partial charge in [-0.15, -0.1) is 12.4 Å². The van der Waals surface area contributed by atoms with E-state index in [1.165, 1.54) is 11.1 Å². The SMILES string of the molecule is Cc1cccc(C2CN(Cc3ccco3)CCc3c2cc(O)c(O)c3Cl)c1.Cl. The maximum Gasteiger partial charge on any atom is 0.176 e. The van der Waals surface area contributed by atoms with Crippen LogP contribution < -0.4 is 0 Å². The lowest BCUT2D eigenvalue weighted by atomic mass is 9.87. The molecule has 2 N–H and O–H groups in total. The molecule has 6 heteroatoms. The molecule has 1 unspecified atom stereocenters. The normalized spacial score (nSPS) is 16.9. The highest BCUT2D eigenvalue weighted by atomic mass is 35.5. The fraction of sp³-hybridized carbons (Fsp3) is 0.273. The summed E-state index contributed by atoms with van der Waals surface area (Å²) in [6.45, 7) is 4.35. The molecule has 148 valence electrons. The molecule has 1 aliphatic rings. The lowest BCUT2D eigenvalue weighted by Crippen LogP contribution is -2.28. The zero-order valence-corrected chi connectivity index (χ0v) is 17.1. The largest absolute Gasteiger partial charge is 0.504 e. The Labute approximate surface area is 175 Å². The summed E-state index contributed by atoms with van der Waals surface area (Å²) in [4.78, 5) is 2.33. The van der Waals surface area contributed by atoms with E-state index in [4.69, 9.17) is 16.0 Å². The average Bonchev–Trinajstić information content (AvgIpc) is 3.09. The molecule has 1 aliphatic heterocycles. The molecule has 0 spiro atoms. The van der Waals surface area contributed by atoms with E-state index >= 15 is 0 Å². The van der Waals surface area contributed by atoms with Crippen molar-refractivity contribution in [3.05, 3.63) is 81.8 Å². The molecule has 0 bridgehead atoms. The van der Waals surface area contributed by atoms with Crippen LogP contribution in [-0.4, -0.2) is 28.2 Å². The number of phenols is 2. The van der Waals surface area contributed by atoms with Gasteiger partial charge in [-0.1, -0.05) is 41.4 Å². The fourth-order valence-corrected chi connectivity index (χ4v) is 4.21. The van der Waals surface area contributed by atoms with Crippen LogP contribution in [0, 0.1) is 6.92 Å². The number of phenolic OH excluding ortho intramolecular Hbond substituents is 2. The number of halogens is 2. The summed E-state index contributed by atoms with van der Waals surface area (Å²) in [5.74, 6) is 0.552. The van der Waals surface area contributed by atoms with Crippen molar-refractivity contribution in [2.75, 3.05) is 13.1 Å². The minimum absolute atomic E-state index is 0. The highest BCUT2D eigenvalue weighted by Gasteiger charge is 2.29. The highest BCUT2D eigenvalue weighted by Crippen LogP contribution is 2.43. The van der Waals surface area contributed by atoms with Gasteiger partial charge in [-0.2, -0.15) is 0 Å². The lowest BCUT2D eigenvalue weighted by Gasteiger charge is -2.25. The van der Waals surface area contributed by atoms with Crippen LogP contribution in [0.3, 0.4) is 0 Å². The first-order valence-electron chi connectivity index (χ1n) is 9.07. The Bertz CT molecular complexity index is 957. The molecule has 3 aromatic rings. The number of aromatic hydroxyl groups is 2. The van der Waals surface area contributed by atoms with Gasteiger partial charge in [-0.3, -0.25) is 4.90 Å². The van der Waals surface area contributed by atoms with E-state index in [0.29, 0.717) is 13.0 Å². The summed E-state index contributed by atoms with van der Waals surface area (Å²) in [6.07, 6.45) is 2.39. The van der Waals surface area contributed by atoms with Crippen molar-refractivity contribution in [1.29, 1.82) is 0 Å². The minimum atomic E-state index is -0.238. The number of rotatable bonds is 3. The monoisotopic (exact) mass is 419 g/mol. The smallest absolute Gasteiger partial charge is 0.176 e. The second-order valence-corrected chi connectivity index (χ2v) is 7.54. The van der Waals surface area contributed by atoms with Gasteiger partial charge in [0, 0.05) is 19.0 Å². The first-order valence-corrected chi connectivity index (χ1v) is 9.45. The summed E-state index contributed by atoms with van der Waals surface area (Å²) in [5.41, 5.74) is 4.23. The van der Waals surface area contributed by atoms with E-state index in [9.17, 15) is 10.2 Å². The summed E-state index contributed by atoms with van der Waals surface area (Å²) >= 11 is 6.42. The predicted molar refractivity (Wildman–Crippen MR) is 113 cm³/mol. The van der Waals surface area contributed by atoms with Crippen molar-refractivity contribution in [1.82, 2.24) is 4.90 Å². The van der Waals surface area contributed by atoms with Gasteiger partial charge in [0.05, 0.1) is 17.8 Å². The number of hydrogen-bond acceptors (Lipinski definition) is 4. The van der Waals surface area contributed by atoms with Gasteiger partial charge in [0.25, 0.3) is 0 Å². The number of furan rings is 1. The second kappa shape index (κ2) is 8.48. The van der Waals surface area contributed by atoms with E-state index < -0.39 is 0 Å². The maximum absolute atomic E-state index is 10.2. The van der Waals surface area contributed by atoms with Gasteiger partial charge in [0.15, 0.2) is 11.5 Å². The lowest BCUT2D eigenvalue weighted by molar-refractivity contribution is 0.246. The van der Waals surface area contributed by atoms with Gasteiger partial charge in [0.1, 0.15) is 5.76 Å². The van der Waals surface area contributed by atoms with Crippen LogP contribution in [0.2, 0.25) is 5.02 Å². The van der Waals surface area contributed by atoms with Crippen LogP contribution in [0.4, 0.5) is 0 Å². The predicted octanol–water partition coefficient (Wildman–Crippen LogP) is 5.26. The van der Waals surface area contributed by atoms with Crippen molar-refractivity contribution in [2.24, 2.45) is 0 Å². The maximum atomic E-state index is 10.2. The molecule has 0 aliphatic carbocycles. The highest BCUT2D eigenvalue weighted by molar-refractivity contribution is 6.33. The Morgan fingerprint density at radius 1 is 1.18 bits per heavy atom. The molecular formula is C22H23Cl2NO3. The standard InChI is InChI=1S/C22H22ClNO3.ClH/c1-14-4-2-5-15(10-14)19-13-24(12-16-6-3-9-27-16)8-7-17-18(19)11-20(25)22(26)21(17)23;/h2-6,9-11,19,25-26H,7-8,12-13H2,1H3;1H. The van der Waals surface area contributed by atoms with Gasteiger partial charge >= 0.3 is 0 Å². The van der Waals surface area contributed by atoms with Gasteiger partial charge < -0.3 is 14.6 Å². The molecule has 0 fully saturated rings. The van der Waals surface area contributed by atoms with E-state index in [1.54, 1.807) is 12.3 Å². The number of nitrogens with zero attached hydrogens (tertiary/aromatic N) is 1. The Morgan fingerprint density at radius 3 is 2.71 bits per heavy atom. The zero-order valence-electron chi connectivity index (χ0n) is 15.6. The summed E-state index contributed by atoms with van der Waals surface area (Å²) in [7, 11) is 0. The van der Waals surface area contributed by atoms with Crippen molar-refractivity contribution in [3.8, 4) is 11.5 Å². The third-order valence-electron chi connectivity index (χ3n) is 5.25. The fourth-order valence-electron chi connectivity index (χ4n) is 3.91.